The Kier molecular flexibility index (Phi) is 3.94. The fourth-order valence-corrected chi connectivity index (χ4v) is 2.82. The molecule has 21 heavy (non-hydrogen) atoms. The number of nitrogens with two attached hydrogens (primary N) is 1. The third-order valence-electron chi connectivity index (χ3n) is 3.73. The second-order valence-electron chi connectivity index (χ2n) is 5.23. The lowest BCUT2D eigenvalue weighted by Crippen LogP contribution is -2.45. The van der Waals surface area contributed by atoms with Gasteiger partial charge in [0.25, 0.3) is 0 Å². The fourth-order valence-electron chi connectivity index (χ4n) is 2.54. The maximum Gasteiger partial charge on any atom is 0.223 e. The van der Waals surface area contributed by atoms with E-state index in [-0.39, 0.29) is 5.95 Å². The van der Waals surface area contributed by atoms with Crippen LogP contribution in [0.4, 0.5) is 11.8 Å². The molecule has 1 fully saturated rings. The van der Waals surface area contributed by atoms with Gasteiger partial charge >= 0.3 is 0 Å². The van der Waals surface area contributed by atoms with Crippen LogP contribution in [-0.4, -0.2) is 48.1 Å². The number of halogens is 1. The van der Waals surface area contributed by atoms with Crippen molar-refractivity contribution in [1.29, 1.82) is 0 Å². The molecule has 2 N–H and O–H groups in total. The van der Waals surface area contributed by atoms with Crippen molar-refractivity contribution in [2.45, 2.75) is 0 Å². The van der Waals surface area contributed by atoms with E-state index in [1.807, 2.05) is 30.3 Å². The van der Waals surface area contributed by atoms with Crippen LogP contribution >= 0.6 is 11.6 Å². The van der Waals surface area contributed by atoms with Crippen molar-refractivity contribution < 1.29 is 0 Å². The molecule has 1 aromatic carbocycles. The predicted molar refractivity (Wildman–Crippen MR) is 86.6 cm³/mol. The number of hydrogen-bond acceptors (Lipinski definition) is 5. The minimum Gasteiger partial charge on any atom is -0.368 e. The standard InChI is InChI=1S/C15H18ClN5/c1-20-7-9-21(10-8-20)14-12(11-5-3-2-4-6-11)13(16)18-15(17)19-14/h2-6H,7-10H2,1H3,(H2,17,18,19). The van der Waals surface area contributed by atoms with Crippen LogP contribution in [-0.2, 0) is 0 Å². The number of likely N-dealkylation sites (N-methyl/N-ethyl adjacent to an activating group) is 1. The lowest BCUT2D eigenvalue weighted by Gasteiger charge is -2.34. The highest BCUT2D eigenvalue weighted by molar-refractivity contribution is 6.32. The van der Waals surface area contributed by atoms with Gasteiger partial charge in [-0.2, -0.15) is 4.98 Å². The van der Waals surface area contributed by atoms with Gasteiger partial charge in [0.1, 0.15) is 11.0 Å². The van der Waals surface area contributed by atoms with E-state index in [1.165, 1.54) is 0 Å². The number of benzene rings is 1. The minimum atomic E-state index is 0.216. The van der Waals surface area contributed by atoms with Crippen LogP contribution in [0.5, 0.6) is 0 Å². The highest BCUT2D eigenvalue weighted by atomic mass is 35.5. The molecule has 0 bridgehead atoms. The zero-order valence-corrected chi connectivity index (χ0v) is 12.7. The zero-order chi connectivity index (χ0) is 14.8. The molecule has 3 rings (SSSR count). The molecule has 0 amide bonds. The summed E-state index contributed by atoms with van der Waals surface area (Å²) in [6, 6.07) is 9.97. The Balaban J connectivity index is 2.06. The molecule has 5 nitrogen and oxygen atoms in total. The molecule has 1 saturated heterocycles. The summed E-state index contributed by atoms with van der Waals surface area (Å²) in [6.45, 7) is 3.80. The Morgan fingerprint density at radius 2 is 1.71 bits per heavy atom. The molecular weight excluding hydrogens is 286 g/mol. The number of anilines is 2. The Bertz CT molecular complexity index is 623. The smallest absolute Gasteiger partial charge is 0.223 e. The summed E-state index contributed by atoms with van der Waals surface area (Å²) in [7, 11) is 2.12. The van der Waals surface area contributed by atoms with Gasteiger partial charge in [-0.3, -0.25) is 0 Å². The summed E-state index contributed by atoms with van der Waals surface area (Å²) in [5.74, 6) is 1.04. The van der Waals surface area contributed by atoms with Crippen molar-refractivity contribution in [2.24, 2.45) is 0 Å². The van der Waals surface area contributed by atoms with Gasteiger partial charge in [0.05, 0.1) is 5.56 Å². The molecule has 0 aliphatic carbocycles. The minimum absolute atomic E-state index is 0.216. The van der Waals surface area contributed by atoms with E-state index in [1.54, 1.807) is 0 Å². The van der Waals surface area contributed by atoms with E-state index in [0.29, 0.717) is 5.15 Å². The van der Waals surface area contributed by atoms with Gasteiger partial charge in [-0.15, -0.1) is 0 Å². The number of hydrogen-bond donors (Lipinski definition) is 1. The summed E-state index contributed by atoms with van der Waals surface area (Å²) >= 11 is 6.35. The molecule has 6 heteroatoms. The fraction of sp³-hybridized carbons (Fsp3) is 0.333. The van der Waals surface area contributed by atoms with Gasteiger partial charge < -0.3 is 15.5 Å². The zero-order valence-electron chi connectivity index (χ0n) is 12.0. The van der Waals surface area contributed by atoms with Crippen molar-refractivity contribution in [2.75, 3.05) is 43.9 Å². The van der Waals surface area contributed by atoms with Gasteiger partial charge in [-0.1, -0.05) is 41.9 Å². The molecule has 1 aliphatic heterocycles. The highest BCUT2D eigenvalue weighted by Gasteiger charge is 2.22. The number of rotatable bonds is 2. The quantitative estimate of drug-likeness (QED) is 0.861. The number of nitrogen functional groups attached to an aromatic ring is 1. The van der Waals surface area contributed by atoms with Crippen LogP contribution in [0, 0.1) is 0 Å². The van der Waals surface area contributed by atoms with Crippen molar-refractivity contribution in [3.63, 3.8) is 0 Å². The summed E-state index contributed by atoms with van der Waals surface area (Å²) < 4.78 is 0. The van der Waals surface area contributed by atoms with Gasteiger partial charge in [0.15, 0.2) is 0 Å². The SMILES string of the molecule is CN1CCN(c2nc(N)nc(Cl)c2-c2ccccc2)CC1. The lowest BCUT2D eigenvalue weighted by molar-refractivity contribution is 0.312. The summed E-state index contributed by atoms with van der Waals surface area (Å²) in [5, 5.41) is 0.405. The second-order valence-corrected chi connectivity index (χ2v) is 5.59. The normalized spacial score (nSPS) is 16.2. The number of aromatic nitrogens is 2. The number of nitrogens with zero attached hydrogens (tertiary/aromatic N) is 4. The lowest BCUT2D eigenvalue weighted by atomic mass is 10.1. The first-order valence-corrected chi connectivity index (χ1v) is 7.35. The van der Waals surface area contributed by atoms with Crippen LogP contribution < -0.4 is 10.6 Å². The Labute approximate surface area is 129 Å². The van der Waals surface area contributed by atoms with E-state index >= 15 is 0 Å². The molecule has 0 saturated carbocycles. The summed E-state index contributed by atoms with van der Waals surface area (Å²) in [6.07, 6.45) is 0. The van der Waals surface area contributed by atoms with Crippen molar-refractivity contribution in [3.05, 3.63) is 35.5 Å². The predicted octanol–water partition coefficient (Wildman–Crippen LogP) is 2.13. The van der Waals surface area contributed by atoms with E-state index in [0.717, 1.165) is 43.1 Å². The third kappa shape index (κ3) is 2.94. The first-order chi connectivity index (χ1) is 10.1. The summed E-state index contributed by atoms with van der Waals surface area (Å²) in [5.41, 5.74) is 7.66. The monoisotopic (exact) mass is 303 g/mol. The molecule has 110 valence electrons. The molecule has 0 unspecified atom stereocenters. The molecule has 2 heterocycles. The first kappa shape index (κ1) is 14.1. The van der Waals surface area contributed by atoms with Gasteiger partial charge in [0.2, 0.25) is 5.95 Å². The average Bonchev–Trinajstić information content (AvgIpc) is 2.48. The highest BCUT2D eigenvalue weighted by Crippen LogP contribution is 2.35. The Hall–Kier alpha value is -1.85. The van der Waals surface area contributed by atoms with Gasteiger partial charge in [0, 0.05) is 26.2 Å². The van der Waals surface area contributed by atoms with Crippen LogP contribution in [0.1, 0.15) is 0 Å². The molecule has 2 aromatic rings. The van der Waals surface area contributed by atoms with Crippen LogP contribution in [0.2, 0.25) is 5.15 Å². The van der Waals surface area contributed by atoms with Gasteiger partial charge in [-0.05, 0) is 12.6 Å². The van der Waals surface area contributed by atoms with Crippen LogP contribution in [0.25, 0.3) is 11.1 Å². The van der Waals surface area contributed by atoms with E-state index in [2.05, 4.69) is 26.8 Å². The maximum absolute atomic E-state index is 6.35. The van der Waals surface area contributed by atoms with Crippen molar-refractivity contribution >= 4 is 23.4 Å². The van der Waals surface area contributed by atoms with E-state index in [4.69, 9.17) is 17.3 Å². The Morgan fingerprint density at radius 1 is 1.05 bits per heavy atom. The number of piperazine rings is 1. The van der Waals surface area contributed by atoms with Gasteiger partial charge in [-0.25, -0.2) is 4.98 Å². The molecule has 0 radical (unpaired) electrons. The largest absolute Gasteiger partial charge is 0.368 e. The summed E-state index contributed by atoms with van der Waals surface area (Å²) in [4.78, 5) is 13.1. The maximum atomic E-state index is 6.35. The molecule has 0 spiro atoms. The molecule has 0 atom stereocenters. The van der Waals surface area contributed by atoms with Crippen molar-refractivity contribution in [1.82, 2.24) is 14.9 Å². The molecule has 1 aromatic heterocycles. The third-order valence-corrected chi connectivity index (χ3v) is 4.00. The second kappa shape index (κ2) is 5.87. The van der Waals surface area contributed by atoms with E-state index in [9.17, 15) is 0 Å². The Morgan fingerprint density at radius 3 is 2.38 bits per heavy atom. The van der Waals surface area contributed by atoms with Crippen LogP contribution in [0.15, 0.2) is 30.3 Å². The van der Waals surface area contributed by atoms with E-state index < -0.39 is 0 Å². The van der Waals surface area contributed by atoms with Crippen LogP contribution in [0.3, 0.4) is 0 Å². The molecule has 1 aliphatic rings. The average molecular weight is 304 g/mol. The van der Waals surface area contributed by atoms with Crippen molar-refractivity contribution in [3.8, 4) is 11.1 Å². The topological polar surface area (TPSA) is 58.3 Å². The first-order valence-electron chi connectivity index (χ1n) is 6.97. The molecular formula is C15H18ClN5.